The van der Waals surface area contributed by atoms with Crippen molar-refractivity contribution >= 4 is 11.9 Å². The number of nitrogens with one attached hydrogen (secondary N) is 1. The molecule has 27 heavy (non-hydrogen) atoms. The average Bonchev–Trinajstić information content (AvgIpc) is 2.67. The quantitative estimate of drug-likeness (QED) is 0.681. The van der Waals surface area contributed by atoms with Gasteiger partial charge in [0.15, 0.2) is 11.5 Å². The maximum Gasteiger partial charge on any atom is 0.305 e. The van der Waals surface area contributed by atoms with Gasteiger partial charge in [-0.05, 0) is 29.5 Å². The van der Waals surface area contributed by atoms with Gasteiger partial charge in [-0.15, -0.1) is 0 Å². The number of hydrogen-bond acceptors (Lipinski definition) is 4. The maximum absolute atomic E-state index is 12.6. The van der Waals surface area contributed by atoms with Crippen LogP contribution in [0.25, 0.3) is 0 Å². The number of carbonyl (C=O) groups is 2. The minimum Gasteiger partial charge on any atom is -0.493 e. The summed E-state index contributed by atoms with van der Waals surface area (Å²) >= 11 is 0. The van der Waals surface area contributed by atoms with Crippen molar-refractivity contribution in [3.05, 3.63) is 23.8 Å². The normalized spacial score (nSPS) is 17.0. The van der Waals surface area contributed by atoms with Crippen molar-refractivity contribution < 1.29 is 24.2 Å². The van der Waals surface area contributed by atoms with E-state index in [9.17, 15) is 14.7 Å². The fourth-order valence-corrected chi connectivity index (χ4v) is 3.91. The van der Waals surface area contributed by atoms with Crippen molar-refractivity contribution in [2.45, 2.75) is 57.9 Å². The first-order valence-corrected chi connectivity index (χ1v) is 9.67. The van der Waals surface area contributed by atoms with Crippen LogP contribution in [-0.2, 0) is 9.59 Å². The molecular formula is C21H31NO5. The summed E-state index contributed by atoms with van der Waals surface area (Å²) in [5.41, 5.74) is 0.689. The topological polar surface area (TPSA) is 84.9 Å². The van der Waals surface area contributed by atoms with E-state index in [1.165, 1.54) is 39.2 Å². The molecule has 0 saturated heterocycles. The monoisotopic (exact) mass is 377 g/mol. The third-order valence-electron chi connectivity index (χ3n) is 5.49. The van der Waals surface area contributed by atoms with Crippen molar-refractivity contribution in [2.24, 2.45) is 11.8 Å². The molecule has 6 heteroatoms. The highest BCUT2D eigenvalue weighted by Gasteiger charge is 2.25. The van der Waals surface area contributed by atoms with E-state index in [1.54, 1.807) is 25.3 Å². The van der Waals surface area contributed by atoms with Gasteiger partial charge in [-0.25, -0.2) is 0 Å². The van der Waals surface area contributed by atoms with E-state index < -0.39 is 12.0 Å². The smallest absolute Gasteiger partial charge is 0.305 e. The van der Waals surface area contributed by atoms with Crippen LogP contribution in [0.5, 0.6) is 11.5 Å². The highest BCUT2D eigenvalue weighted by atomic mass is 16.5. The summed E-state index contributed by atoms with van der Waals surface area (Å²) in [6.45, 7) is 2.12. The minimum atomic E-state index is -0.963. The number of methoxy groups -OCH3 is 2. The predicted molar refractivity (Wildman–Crippen MR) is 103 cm³/mol. The summed E-state index contributed by atoms with van der Waals surface area (Å²) in [7, 11) is 3.07. The van der Waals surface area contributed by atoms with E-state index in [-0.39, 0.29) is 12.3 Å². The predicted octanol–water partition coefficient (Wildman–Crippen LogP) is 3.94. The van der Waals surface area contributed by atoms with Gasteiger partial charge in [0, 0.05) is 6.42 Å². The standard InChI is InChI=1S/C21H31NO5/c1-14(15-7-5-4-6-8-15)11-20(23)22-17(13-21(24)25)16-9-10-18(26-2)19(12-16)27-3/h9-10,12,14-15,17H,4-8,11,13H2,1-3H3,(H,22,23)(H,24,25). The Kier molecular flexibility index (Phi) is 7.95. The van der Waals surface area contributed by atoms with Gasteiger partial charge in [0.1, 0.15) is 0 Å². The number of hydrogen-bond donors (Lipinski definition) is 2. The van der Waals surface area contributed by atoms with Gasteiger partial charge in [-0.2, -0.15) is 0 Å². The van der Waals surface area contributed by atoms with Crippen LogP contribution >= 0.6 is 0 Å². The number of benzene rings is 1. The second-order valence-electron chi connectivity index (χ2n) is 7.41. The fraction of sp³-hybridized carbons (Fsp3) is 0.619. The van der Waals surface area contributed by atoms with Gasteiger partial charge in [-0.3, -0.25) is 9.59 Å². The molecular weight excluding hydrogens is 346 g/mol. The van der Waals surface area contributed by atoms with Crippen molar-refractivity contribution in [1.82, 2.24) is 5.32 Å². The van der Waals surface area contributed by atoms with E-state index in [1.807, 2.05) is 0 Å². The Hall–Kier alpha value is -2.24. The fourth-order valence-electron chi connectivity index (χ4n) is 3.91. The Balaban J connectivity index is 2.07. The lowest BCUT2D eigenvalue weighted by molar-refractivity contribution is -0.137. The number of amides is 1. The Bertz CT molecular complexity index is 639. The van der Waals surface area contributed by atoms with Crippen LogP contribution in [0.1, 0.15) is 63.5 Å². The molecule has 1 saturated carbocycles. The first kappa shape index (κ1) is 21.1. The molecule has 0 spiro atoms. The lowest BCUT2D eigenvalue weighted by Crippen LogP contribution is -2.32. The second kappa shape index (κ2) is 10.2. The molecule has 1 aliphatic carbocycles. The first-order valence-electron chi connectivity index (χ1n) is 9.67. The Labute approximate surface area is 161 Å². The molecule has 1 amide bonds. The van der Waals surface area contributed by atoms with Crippen LogP contribution in [0.2, 0.25) is 0 Å². The van der Waals surface area contributed by atoms with Crippen LogP contribution in [0.15, 0.2) is 18.2 Å². The molecule has 1 aromatic rings. The van der Waals surface area contributed by atoms with Crippen LogP contribution in [0.4, 0.5) is 0 Å². The maximum atomic E-state index is 12.6. The minimum absolute atomic E-state index is 0.103. The van der Waals surface area contributed by atoms with Gasteiger partial charge in [0.05, 0.1) is 26.7 Å². The van der Waals surface area contributed by atoms with Crippen molar-refractivity contribution in [3.63, 3.8) is 0 Å². The molecule has 2 N–H and O–H groups in total. The van der Waals surface area contributed by atoms with Gasteiger partial charge in [0.2, 0.25) is 5.91 Å². The molecule has 0 bridgehead atoms. The van der Waals surface area contributed by atoms with Crippen LogP contribution in [0.3, 0.4) is 0 Å². The lowest BCUT2D eigenvalue weighted by Gasteiger charge is -2.28. The van der Waals surface area contributed by atoms with E-state index in [0.29, 0.717) is 35.3 Å². The van der Waals surface area contributed by atoms with Crippen molar-refractivity contribution in [3.8, 4) is 11.5 Å². The van der Waals surface area contributed by atoms with E-state index in [4.69, 9.17) is 9.47 Å². The van der Waals surface area contributed by atoms with E-state index in [0.717, 1.165) is 0 Å². The number of ether oxygens (including phenoxy) is 2. The molecule has 2 atom stereocenters. The van der Waals surface area contributed by atoms with E-state index >= 15 is 0 Å². The van der Waals surface area contributed by atoms with Gasteiger partial charge < -0.3 is 19.9 Å². The second-order valence-corrected chi connectivity index (χ2v) is 7.41. The Morgan fingerprint density at radius 1 is 1.11 bits per heavy atom. The Morgan fingerprint density at radius 3 is 2.37 bits per heavy atom. The molecule has 0 heterocycles. The highest BCUT2D eigenvalue weighted by molar-refractivity contribution is 5.78. The van der Waals surface area contributed by atoms with Crippen LogP contribution in [0, 0.1) is 11.8 Å². The molecule has 2 unspecified atom stereocenters. The first-order chi connectivity index (χ1) is 12.9. The zero-order valence-corrected chi connectivity index (χ0v) is 16.5. The van der Waals surface area contributed by atoms with Gasteiger partial charge in [0.25, 0.3) is 0 Å². The summed E-state index contributed by atoms with van der Waals surface area (Å²) in [5, 5.41) is 12.2. The van der Waals surface area contributed by atoms with Crippen molar-refractivity contribution in [2.75, 3.05) is 14.2 Å². The van der Waals surface area contributed by atoms with Crippen LogP contribution in [-0.4, -0.2) is 31.2 Å². The third-order valence-corrected chi connectivity index (χ3v) is 5.49. The Morgan fingerprint density at radius 2 is 1.78 bits per heavy atom. The molecule has 1 fully saturated rings. The summed E-state index contributed by atoms with van der Waals surface area (Å²) < 4.78 is 10.5. The average molecular weight is 377 g/mol. The molecule has 0 radical (unpaired) electrons. The van der Waals surface area contributed by atoms with Crippen LogP contribution < -0.4 is 14.8 Å². The molecule has 0 aromatic heterocycles. The summed E-state index contributed by atoms with van der Waals surface area (Å²) in [6.07, 6.45) is 6.38. The van der Waals surface area contributed by atoms with E-state index in [2.05, 4.69) is 12.2 Å². The lowest BCUT2D eigenvalue weighted by atomic mass is 9.79. The SMILES string of the molecule is COc1ccc(C(CC(=O)O)NC(=O)CC(C)C2CCCCC2)cc1OC. The number of carbonyl (C=O) groups excluding carboxylic acids is 1. The summed E-state index contributed by atoms with van der Waals surface area (Å²) in [4.78, 5) is 23.9. The number of aliphatic carboxylic acids is 1. The third kappa shape index (κ3) is 6.15. The largest absolute Gasteiger partial charge is 0.493 e. The molecule has 1 aliphatic rings. The number of rotatable bonds is 9. The summed E-state index contributed by atoms with van der Waals surface area (Å²) in [5.74, 6) is 0.900. The zero-order valence-electron chi connectivity index (χ0n) is 16.5. The molecule has 150 valence electrons. The number of carboxylic acids is 1. The number of carboxylic acid groups (broad SMARTS) is 1. The van der Waals surface area contributed by atoms with Crippen molar-refractivity contribution in [1.29, 1.82) is 0 Å². The highest BCUT2D eigenvalue weighted by Crippen LogP contribution is 2.33. The zero-order chi connectivity index (χ0) is 19.8. The summed E-state index contributed by atoms with van der Waals surface area (Å²) in [6, 6.07) is 4.60. The molecule has 1 aromatic carbocycles. The molecule has 2 rings (SSSR count). The van der Waals surface area contributed by atoms with Gasteiger partial charge in [-0.1, -0.05) is 45.1 Å². The molecule has 6 nitrogen and oxygen atoms in total. The molecule has 0 aliphatic heterocycles. The van der Waals surface area contributed by atoms with Gasteiger partial charge >= 0.3 is 5.97 Å².